The van der Waals surface area contributed by atoms with E-state index < -0.39 is 0 Å². The van der Waals surface area contributed by atoms with Gasteiger partial charge in [0, 0.05) is 18.3 Å². The fourth-order valence-electron chi connectivity index (χ4n) is 2.86. The van der Waals surface area contributed by atoms with E-state index in [0.29, 0.717) is 30.8 Å². The number of carbonyl (C=O) groups is 1. The first-order valence-electron chi connectivity index (χ1n) is 6.17. The minimum absolute atomic E-state index is 0.135. The highest BCUT2D eigenvalue weighted by molar-refractivity contribution is 5.87. The Kier molecular flexibility index (Phi) is 2.81. The van der Waals surface area contributed by atoms with Crippen molar-refractivity contribution in [1.29, 1.82) is 0 Å². The van der Waals surface area contributed by atoms with Gasteiger partial charge in [-0.05, 0) is 11.5 Å². The van der Waals surface area contributed by atoms with Gasteiger partial charge >= 0.3 is 0 Å². The molecule has 2 nitrogen and oxygen atoms in total. The second kappa shape index (κ2) is 4.46. The second-order valence-corrected chi connectivity index (χ2v) is 4.91. The van der Waals surface area contributed by atoms with Gasteiger partial charge in [-0.2, -0.15) is 0 Å². The number of rotatable bonds is 4. The van der Waals surface area contributed by atoms with Crippen LogP contribution < -0.4 is 0 Å². The average molecular weight is 228 g/mol. The van der Waals surface area contributed by atoms with Crippen molar-refractivity contribution >= 4 is 5.78 Å². The van der Waals surface area contributed by atoms with Gasteiger partial charge in [0.05, 0.1) is 13.2 Å². The molecule has 3 unspecified atom stereocenters. The molecule has 2 heteroatoms. The summed E-state index contributed by atoms with van der Waals surface area (Å²) in [4.78, 5) is 11.6. The lowest BCUT2D eigenvalue weighted by atomic mass is 9.97. The molecule has 17 heavy (non-hydrogen) atoms. The van der Waals surface area contributed by atoms with Crippen LogP contribution in [0.4, 0.5) is 0 Å². The van der Waals surface area contributed by atoms with Gasteiger partial charge in [-0.25, -0.2) is 0 Å². The molecule has 1 fully saturated rings. The summed E-state index contributed by atoms with van der Waals surface area (Å²) in [6.45, 7) is 1.34. The van der Waals surface area contributed by atoms with Crippen LogP contribution in [0.3, 0.4) is 0 Å². The summed E-state index contributed by atoms with van der Waals surface area (Å²) < 4.78 is 5.74. The Bertz CT molecular complexity index is 435. The first kappa shape index (κ1) is 10.7. The molecule has 1 saturated carbocycles. The van der Waals surface area contributed by atoms with Crippen molar-refractivity contribution in [3.8, 4) is 0 Å². The number of allylic oxidation sites excluding steroid dienone is 2. The predicted molar refractivity (Wildman–Crippen MR) is 65.3 cm³/mol. The van der Waals surface area contributed by atoms with Gasteiger partial charge in [-0.15, -0.1) is 0 Å². The number of ether oxygens (including phenoxy) is 1. The van der Waals surface area contributed by atoms with Crippen LogP contribution in [0.1, 0.15) is 12.0 Å². The predicted octanol–water partition coefficient (Wildman–Crippen LogP) is 2.59. The Morgan fingerprint density at radius 2 is 2.00 bits per heavy atom. The molecule has 2 bridgehead atoms. The van der Waals surface area contributed by atoms with E-state index in [4.69, 9.17) is 4.74 Å². The van der Waals surface area contributed by atoms with Gasteiger partial charge in [0.1, 0.15) is 5.78 Å². The molecule has 1 aromatic rings. The fourth-order valence-corrected chi connectivity index (χ4v) is 2.86. The lowest BCUT2D eigenvalue weighted by molar-refractivity contribution is -0.120. The topological polar surface area (TPSA) is 26.3 Å². The maximum Gasteiger partial charge on any atom is 0.140 e. The van der Waals surface area contributed by atoms with Crippen molar-refractivity contribution in [1.82, 2.24) is 0 Å². The number of hydrogen-bond donors (Lipinski definition) is 0. The molecule has 0 N–H and O–H groups in total. The molecule has 2 aliphatic rings. The summed E-state index contributed by atoms with van der Waals surface area (Å²) in [5.74, 6) is 1.36. The highest BCUT2D eigenvalue weighted by Crippen LogP contribution is 2.42. The second-order valence-electron chi connectivity index (χ2n) is 4.91. The molecule has 0 aromatic heterocycles. The van der Waals surface area contributed by atoms with Gasteiger partial charge in [0.25, 0.3) is 0 Å². The number of Topliss-reactive ketones (excluding diaryl/α,β-unsaturated/α-hetero) is 1. The van der Waals surface area contributed by atoms with E-state index in [0.717, 1.165) is 6.42 Å². The van der Waals surface area contributed by atoms with E-state index >= 15 is 0 Å². The number of ketones is 1. The maximum atomic E-state index is 11.6. The first-order chi connectivity index (χ1) is 8.34. The minimum atomic E-state index is 0.135. The summed E-state index contributed by atoms with van der Waals surface area (Å²) in [6, 6.07) is 10.2. The van der Waals surface area contributed by atoms with E-state index in [2.05, 4.69) is 24.3 Å². The molecule has 3 atom stereocenters. The smallest absolute Gasteiger partial charge is 0.140 e. The highest BCUT2D eigenvalue weighted by Gasteiger charge is 2.43. The van der Waals surface area contributed by atoms with Gasteiger partial charge < -0.3 is 4.74 Å². The normalized spacial score (nSPS) is 30.1. The van der Waals surface area contributed by atoms with Gasteiger partial charge in [-0.1, -0.05) is 42.5 Å². The number of benzene rings is 1. The number of hydrogen-bond acceptors (Lipinski definition) is 2. The maximum absolute atomic E-state index is 11.6. The lowest BCUT2D eigenvalue weighted by Crippen LogP contribution is -2.16. The average Bonchev–Trinajstić information content (AvgIpc) is 2.87. The number of carbonyl (C=O) groups excluding carboxylic acids is 1. The molecule has 88 valence electrons. The van der Waals surface area contributed by atoms with Crippen LogP contribution in [0.25, 0.3) is 0 Å². The first-order valence-corrected chi connectivity index (χ1v) is 6.17. The van der Waals surface area contributed by atoms with E-state index in [9.17, 15) is 4.79 Å². The fraction of sp³-hybridized carbons (Fsp3) is 0.400. The molecule has 0 spiro atoms. The monoisotopic (exact) mass is 228 g/mol. The SMILES string of the molecule is O=C1CC2C=CC1C2COCc1ccccc1. The number of fused-ring (bicyclic) bond motifs is 2. The molecule has 0 saturated heterocycles. The van der Waals surface area contributed by atoms with Crippen molar-refractivity contribution in [2.45, 2.75) is 13.0 Å². The molecular formula is C15H16O2. The van der Waals surface area contributed by atoms with Gasteiger partial charge in [0.2, 0.25) is 0 Å². The third-order valence-corrected chi connectivity index (χ3v) is 3.81. The Hall–Kier alpha value is -1.41. The van der Waals surface area contributed by atoms with Crippen LogP contribution in [0.5, 0.6) is 0 Å². The summed E-state index contributed by atoms with van der Waals surface area (Å²) in [6.07, 6.45) is 4.97. The van der Waals surface area contributed by atoms with Gasteiger partial charge in [0.15, 0.2) is 0 Å². The molecule has 3 rings (SSSR count). The quantitative estimate of drug-likeness (QED) is 0.740. The van der Waals surface area contributed by atoms with E-state index in [1.54, 1.807) is 0 Å². The highest BCUT2D eigenvalue weighted by atomic mass is 16.5. The van der Waals surface area contributed by atoms with E-state index in [1.807, 2.05) is 18.2 Å². The van der Waals surface area contributed by atoms with Crippen molar-refractivity contribution < 1.29 is 9.53 Å². The van der Waals surface area contributed by atoms with Crippen molar-refractivity contribution in [3.63, 3.8) is 0 Å². The van der Waals surface area contributed by atoms with Crippen LogP contribution in [-0.4, -0.2) is 12.4 Å². The van der Waals surface area contributed by atoms with Gasteiger partial charge in [-0.3, -0.25) is 4.79 Å². The molecule has 1 aromatic carbocycles. The summed E-state index contributed by atoms with van der Waals surface area (Å²) in [5.41, 5.74) is 1.19. The zero-order valence-electron chi connectivity index (χ0n) is 9.71. The van der Waals surface area contributed by atoms with Crippen LogP contribution in [-0.2, 0) is 16.1 Å². The van der Waals surface area contributed by atoms with E-state index in [-0.39, 0.29) is 5.92 Å². The Labute approximate surface area is 101 Å². The Balaban J connectivity index is 1.52. The van der Waals surface area contributed by atoms with Crippen molar-refractivity contribution in [2.75, 3.05) is 6.61 Å². The summed E-state index contributed by atoms with van der Waals surface area (Å²) >= 11 is 0. The van der Waals surface area contributed by atoms with Crippen LogP contribution >= 0.6 is 0 Å². The minimum Gasteiger partial charge on any atom is -0.376 e. The summed E-state index contributed by atoms with van der Waals surface area (Å²) in [7, 11) is 0. The molecule has 0 amide bonds. The van der Waals surface area contributed by atoms with Crippen molar-refractivity contribution in [2.24, 2.45) is 17.8 Å². The summed E-state index contributed by atoms with van der Waals surface area (Å²) in [5, 5.41) is 0. The standard InChI is InChI=1S/C15H16O2/c16-15-8-12-6-7-13(15)14(12)10-17-9-11-4-2-1-3-5-11/h1-7,12-14H,8-10H2. The Morgan fingerprint density at radius 3 is 2.65 bits per heavy atom. The zero-order chi connectivity index (χ0) is 11.7. The third-order valence-electron chi connectivity index (χ3n) is 3.81. The van der Waals surface area contributed by atoms with Crippen LogP contribution in [0, 0.1) is 17.8 Å². The zero-order valence-corrected chi connectivity index (χ0v) is 9.71. The van der Waals surface area contributed by atoms with Crippen LogP contribution in [0.2, 0.25) is 0 Å². The molecular weight excluding hydrogens is 212 g/mol. The molecule has 0 aliphatic heterocycles. The van der Waals surface area contributed by atoms with E-state index in [1.165, 1.54) is 5.56 Å². The molecule has 0 radical (unpaired) electrons. The molecule has 2 aliphatic carbocycles. The lowest BCUT2D eigenvalue weighted by Gasteiger charge is -2.14. The van der Waals surface area contributed by atoms with Crippen molar-refractivity contribution in [3.05, 3.63) is 48.0 Å². The third kappa shape index (κ3) is 2.05. The molecule has 0 heterocycles. The largest absolute Gasteiger partial charge is 0.376 e. The Morgan fingerprint density at radius 1 is 1.18 bits per heavy atom. The van der Waals surface area contributed by atoms with Crippen LogP contribution in [0.15, 0.2) is 42.5 Å².